The lowest BCUT2D eigenvalue weighted by Crippen LogP contribution is -2.08. The van der Waals surface area contributed by atoms with Crippen molar-refractivity contribution < 1.29 is 14.2 Å². The van der Waals surface area contributed by atoms with Gasteiger partial charge in [0.2, 0.25) is 11.7 Å². The predicted molar refractivity (Wildman–Crippen MR) is 109 cm³/mol. The van der Waals surface area contributed by atoms with E-state index >= 15 is 0 Å². The van der Waals surface area contributed by atoms with Crippen molar-refractivity contribution in [2.45, 2.75) is 32.1 Å². The van der Waals surface area contributed by atoms with E-state index in [0.717, 1.165) is 13.0 Å². The minimum atomic E-state index is 0.385. The van der Waals surface area contributed by atoms with Crippen molar-refractivity contribution >= 4 is 17.5 Å². The Bertz CT molecular complexity index is 800. The van der Waals surface area contributed by atoms with Crippen LogP contribution in [0.3, 0.4) is 0 Å². The van der Waals surface area contributed by atoms with Crippen molar-refractivity contribution in [2.75, 3.05) is 38.5 Å². The summed E-state index contributed by atoms with van der Waals surface area (Å²) in [5.74, 6) is 2.69. The molecule has 1 aromatic heterocycles. The van der Waals surface area contributed by atoms with Crippen molar-refractivity contribution in [3.05, 3.63) is 30.0 Å². The van der Waals surface area contributed by atoms with E-state index in [1.165, 1.54) is 31.3 Å². The van der Waals surface area contributed by atoms with Crippen LogP contribution in [0.2, 0.25) is 0 Å². The van der Waals surface area contributed by atoms with Gasteiger partial charge in [-0.25, -0.2) is 0 Å². The van der Waals surface area contributed by atoms with Crippen LogP contribution in [0, 0.1) is 0 Å². The van der Waals surface area contributed by atoms with Crippen LogP contribution in [0.1, 0.15) is 32.1 Å². The maximum atomic E-state index is 5.37. The first-order valence-corrected chi connectivity index (χ1v) is 9.42. The molecule has 0 spiro atoms. The highest BCUT2D eigenvalue weighted by atomic mass is 16.5. The normalized spacial score (nSPS) is 13.5. The van der Waals surface area contributed by atoms with Gasteiger partial charge in [0.15, 0.2) is 17.3 Å². The average molecular weight is 385 g/mol. The Morgan fingerprint density at radius 3 is 2.46 bits per heavy atom. The molecule has 0 radical (unpaired) electrons. The molecule has 1 aliphatic rings. The first-order valence-electron chi connectivity index (χ1n) is 9.42. The minimum Gasteiger partial charge on any atom is -0.493 e. The third kappa shape index (κ3) is 5.03. The van der Waals surface area contributed by atoms with Gasteiger partial charge in [0.25, 0.3) is 0 Å². The zero-order valence-corrected chi connectivity index (χ0v) is 16.6. The quantitative estimate of drug-likeness (QED) is 0.627. The number of rotatable bonds is 9. The van der Waals surface area contributed by atoms with Crippen LogP contribution in [0.5, 0.6) is 17.2 Å². The molecule has 0 unspecified atom stereocenters. The molecule has 0 amide bonds. The second kappa shape index (κ2) is 9.77. The molecule has 0 aliphatic heterocycles. The van der Waals surface area contributed by atoms with Gasteiger partial charge >= 0.3 is 0 Å². The van der Waals surface area contributed by atoms with Gasteiger partial charge in [-0.1, -0.05) is 11.6 Å². The van der Waals surface area contributed by atoms with Crippen LogP contribution < -0.4 is 24.8 Å². The number of benzene rings is 1. The molecule has 0 fully saturated rings. The molecular weight excluding hydrogens is 358 g/mol. The number of nitrogens with zero attached hydrogens (tertiary/aromatic N) is 3. The number of nitrogens with one attached hydrogen (secondary N) is 2. The van der Waals surface area contributed by atoms with Crippen molar-refractivity contribution in [3.63, 3.8) is 0 Å². The molecule has 0 saturated carbocycles. The topological polar surface area (TPSA) is 90.4 Å². The Morgan fingerprint density at radius 2 is 1.82 bits per heavy atom. The summed E-state index contributed by atoms with van der Waals surface area (Å²) in [5.41, 5.74) is 2.23. The Morgan fingerprint density at radius 1 is 1.04 bits per heavy atom. The summed E-state index contributed by atoms with van der Waals surface area (Å²) in [5, 5.41) is 14.5. The standard InChI is InChI=1S/C20H27N5O3/c1-26-16-11-15(12-17(27-2)19(16)28-3)23-20-24-18(13-22-25-20)21-10-9-14-7-5-4-6-8-14/h7,11-13H,4-6,8-10H2,1-3H3,(H2,21,23,24,25). The van der Waals surface area contributed by atoms with E-state index in [9.17, 15) is 0 Å². The average Bonchev–Trinajstić information content (AvgIpc) is 2.74. The van der Waals surface area contributed by atoms with Gasteiger partial charge in [0.05, 0.1) is 27.5 Å². The van der Waals surface area contributed by atoms with E-state index in [1.807, 2.05) is 0 Å². The molecule has 28 heavy (non-hydrogen) atoms. The van der Waals surface area contributed by atoms with E-state index in [2.05, 4.69) is 31.9 Å². The second-order valence-corrected chi connectivity index (χ2v) is 6.49. The number of aromatic nitrogens is 3. The van der Waals surface area contributed by atoms with Crippen LogP contribution in [0.4, 0.5) is 17.5 Å². The van der Waals surface area contributed by atoms with Gasteiger partial charge in [0, 0.05) is 24.4 Å². The highest BCUT2D eigenvalue weighted by molar-refractivity contribution is 5.65. The molecule has 0 bridgehead atoms. The van der Waals surface area contributed by atoms with Gasteiger partial charge < -0.3 is 24.8 Å². The first kappa shape index (κ1) is 19.7. The molecule has 1 heterocycles. The smallest absolute Gasteiger partial charge is 0.249 e. The van der Waals surface area contributed by atoms with Gasteiger partial charge in [0.1, 0.15) is 0 Å². The summed E-state index contributed by atoms with van der Waals surface area (Å²) >= 11 is 0. The van der Waals surface area contributed by atoms with Crippen molar-refractivity contribution in [3.8, 4) is 17.2 Å². The molecule has 3 rings (SSSR count). The number of hydrogen-bond donors (Lipinski definition) is 2. The molecule has 1 aromatic carbocycles. The number of allylic oxidation sites excluding steroid dienone is 1. The van der Waals surface area contributed by atoms with Gasteiger partial charge in [-0.15, -0.1) is 5.10 Å². The van der Waals surface area contributed by atoms with Crippen LogP contribution in [0.25, 0.3) is 0 Å². The number of ether oxygens (including phenoxy) is 3. The Balaban J connectivity index is 1.66. The summed E-state index contributed by atoms with van der Waals surface area (Å²) in [6.45, 7) is 0.828. The first-order chi connectivity index (χ1) is 13.7. The van der Waals surface area contributed by atoms with Crippen LogP contribution in [-0.2, 0) is 0 Å². The van der Waals surface area contributed by atoms with Crippen molar-refractivity contribution in [2.24, 2.45) is 0 Å². The third-order valence-corrected chi connectivity index (χ3v) is 4.62. The molecule has 0 saturated heterocycles. The zero-order chi connectivity index (χ0) is 19.8. The number of methoxy groups -OCH3 is 3. The van der Waals surface area contributed by atoms with Crippen molar-refractivity contribution in [1.82, 2.24) is 15.2 Å². The maximum Gasteiger partial charge on any atom is 0.249 e. The number of anilines is 3. The Kier molecular flexibility index (Phi) is 6.89. The number of hydrogen-bond acceptors (Lipinski definition) is 8. The summed E-state index contributed by atoms with van der Waals surface area (Å²) in [4.78, 5) is 4.48. The highest BCUT2D eigenvalue weighted by Gasteiger charge is 2.14. The molecule has 1 aliphatic carbocycles. The summed E-state index contributed by atoms with van der Waals surface area (Å²) in [6, 6.07) is 3.58. The Hall–Kier alpha value is -3.03. The van der Waals surface area contributed by atoms with Crippen molar-refractivity contribution in [1.29, 1.82) is 0 Å². The van der Waals surface area contributed by atoms with E-state index in [0.29, 0.717) is 34.7 Å². The van der Waals surface area contributed by atoms with E-state index < -0.39 is 0 Å². The van der Waals surface area contributed by atoms with Gasteiger partial charge in [-0.2, -0.15) is 10.1 Å². The minimum absolute atomic E-state index is 0.385. The molecule has 8 nitrogen and oxygen atoms in total. The van der Waals surface area contributed by atoms with Crippen LogP contribution in [0.15, 0.2) is 30.0 Å². The lowest BCUT2D eigenvalue weighted by Gasteiger charge is -2.15. The fourth-order valence-electron chi connectivity index (χ4n) is 3.21. The third-order valence-electron chi connectivity index (χ3n) is 4.62. The zero-order valence-electron chi connectivity index (χ0n) is 16.6. The van der Waals surface area contributed by atoms with Crippen LogP contribution in [-0.4, -0.2) is 43.1 Å². The van der Waals surface area contributed by atoms with E-state index in [1.54, 1.807) is 39.7 Å². The predicted octanol–water partition coefficient (Wildman–Crippen LogP) is 3.94. The molecule has 0 atom stereocenters. The van der Waals surface area contributed by atoms with E-state index in [-0.39, 0.29) is 0 Å². The van der Waals surface area contributed by atoms with Crippen LogP contribution >= 0.6 is 0 Å². The molecule has 2 N–H and O–H groups in total. The summed E-state index contributed by atoms with van der Waals surface area (Å²) in [7, 11) is 4.72. The summed E-state index contributed by atoms with van der Waals surface area (Å²) in [6.07, 6.45) is 10.0. The Labute approximate surface area is 165 Å². The van der Waals surface area contributed by atoms with Gasteiger partial charge in [-0.05, 0) is 32.1 Å². The van der Waals surface area contributed by atoms with Gasteiger partial charge in [-0.3, -0.25) is 0 Å². The molecular formula is C20H27N5O3. The highest BCUT2D eigenvalue weighted by Crippen LogP contribution is 2.40. The fourth-order valence-corrected chi connectivity index (χ4v) is 3.21. The second-order valence-electron chi connectivity index (χ2n) is 6.49. The lowest BCUT2D eigenvalue weighted by molar-refractivity contribution is 0.324. The SMILES string of the molecule is COc1cc(Nc2nncc(NCCC3=CCCCC3)n2)cc(OC)c1OC. The summed E-state index contributed by atoms with van der Waals surface area (Å²) < 4.78 is 16.1. The fraction of sp³-hybridized carbons (Fsp3) is 0.450. The maximum absolute atomic E-state index is 5.37. The van der Waals surface area contributed by atoms with E-state index in [4.69, 9.17) is 14.2 Å². The monoisotopic (exact) mass is 385 g/mol. The molecule has 2 aromatic rings. The largest absolute Gasteiger partial charge is 0.493 e. The molecule has 8 heteroatoms. The molecule has 150 valence electrons. The lowest BCUT2D eigenvalue weighted by atomic mass is 9.97.